The third-order valence-corrected chi connectivity index (χ3v) is 16.0. The number of hydrogen-bond donors (Lipinski definition) is 2. The summed E-state index contributed by atoms with van der Waals surface area (Å²) in [5, 5.41) is 0. The summed E-state index contributed by atoms with van der Waals surface area (Å²) < 4.78 is 33.0. The van der Waals surface area contributed by atoms with Gasteiger partial charge < -0.3 is 20.1 Å². The molecule has 9 nitrogen and oxygen atoms in total. The van der Waals surface area contributed by atoms with Gasteiger partial charge in [-0.05, 0) is 70.6 Å². The Hall–Kier alpha value is -1.77. The lowest BCUT2D eigenvalue weighted by Gasteiger charge is -2.19. The number of phosphoric acid groups is 1. The summed E-state index contributed by atoms with van der Waals surface area (Å²) in [6.45, 7) is 3.74. The first kappa shape index (κ1) is 75.2. The minimum Gasteiger partial charge on any atom is -0.462 e. The zero-order chi connectivity index (χ0) is 55.9. The molecule has 0 rings (SSSR count). The Morgan fingerprint density at radius 2 is 0.675 bits per heavy atom. The lowest BCUT2D eigenvalue weighted by molar-refractivity contribution is -0.161. The Kier molecular flexibility index (Phi) is 62.0. The minimum absolute atomic E-state index is 0.0523. The smallest absolute Gasteiger partial charge is 0.462 e. The fourth-order valence-electron chi connectivity index (χ4n) is 10.0. The van der Waals surface area contributed by atoms with Crippen molar-refractivity contribution in [2.75, 3.05) is 26.4 Å². The van der Waals surface area contributed by atoms with E-state index < -0.39 is 26.5 Å². The van der Waals surface area contributed by atoms with Gasteiger partial charge >= 0.3 is 19.8 Å². The number of carbonyl (C=O) groups excluding carboxylic acids is 2. The van der Waals surface area contributed by atoms with Crippen molar-refractivity contribution in [3.63, 3.8) is 0 Å². The number of unbranched alkanes of at least 4 members (excludes halogenated alkanes) is 45. The molecule has 77 heavy (non-hydrogen) atoms. The number of carbonyl (C=O) groups is 2. The summed E-state index contributed by atoms with van der Waals surface area (Å²) in [7, 11) is -4.39. The van der Waals surface area contributed by atoms with Crippen LogP contribution >= 0.6 is 7.82 Å². The second kappa shape index (κ2) is 63.4. The zero-order valence-electron chi connectivity index (χ0n) is 51.0. The number of nitrogens with two attached hydrogens (primary N) is 1. The molecule has 0 aliphatic rings. The molecule has 0 aromatic rings. The van der Waals surface area contributed by atoms with Gasteiger partial charge in [-0.15, -0.1) is 0 Å². The Morgan fingerprint density at radius 3 is 1.03 bits per heavy atom. The molecule has 0 aromatic carbocycles. The molecule has 2 atom stereocenters. The fourth-order valence-corrected chi connectivity index (χ4v) is 10.8. The van der Waals surface area contributed by atoms with Crippen LogP contribution in [-0.4, -0.2) is 49.3 Å². The van der Waals surface area contributed by atoms with Crippen molar-refractivity contribution in [2.45, 2.75) is 354 Å². The third kappa shape index (κ3) is 63.3. The van der Waals surface area contributed by atoms with Crippen LogP contribution in [0.5, 0.6) is 0 Å². The van der Waals surface area contributed by atoms with E-state index in [0.717, 1.165) is 57.8 Å². The van der Waals surface area contributed by atoms with Crippen molar-refractivity contribution in [2.24, 2.45) is 5.73 Å². The van der Waals surface area contributed by atoms with E-state index in [0.29, 0.717) is 6.42 Å². The van der Waals surface area contributed by atoms with Crippen LogP contribution in [0.1, 0.15) is 348 Å². The number of hydrogen-bond acceptors (Lipinski definition) is 8. The quantitative estimate of drug-likeness (QED) is 0.0264. The van der Waals surface area contributed by atoms with Gasteiger partial charge in [0.25, 0.3) is 0 Å². The monoisotopic (exact) mass is 1110 g/mol. The molecule has 0 aliphatic carbocycles. The van der Waals surface area contributed by atoms with Crippen LogP contribution in [0.25, 0.3) is 0 Å². The van der Waals surface area contributed by atoms with Crippen LogP contribution in [0.4, 0.5) is 0 Å². The molecule has 0 amide bonds. The SMILES string of the molecule is CCCCC/C=C\C/C=C\CCCCCCCC(=O)OC(COC(=O)CCCCCCCCCCCCCCCCCCCCCCCCCCCCCCC/C=C\CCCCCCCCCC)COP(=O)(O)OCCN. The van der Waals surface area contributed by atoms with E-state index in [9.17, 15) is 19.0 Å². The highest BCUT2D eigenvalue weighted by atomic mass is 31.2. The molecular weight excluding hydrogens is 978 g/mol. The van der Waals surface area contributed by atoms with Crippen LogP contribution in [0.15, 0.2) is 36.5 Å². The molecule has 0 fully saturated rings. The van der Waals surface area contributed by atoms with Crippen molar-refractivity contribution in [3.8, 4) is 0 Å². The highest BCUT2D eigenvalue weighted by Gasteiger charge is 2.26. The molecule has 0 radical (unpaired) electrons. The van der Waals surface area contributed by atoms with Crippen molar-refractivity contribution in [1.82, 2.24) is 0 Å². The summed E-state index contributed by atoms with van der Waals surface area (Å²) in [6, 6.07) is 0. The maximum Gasteiger partial charge on any atom is 0.472 e. The topological polar surface area (TPSA) is 134 Å². The summed E-state index contributed by atoms with van der Waals surface area (Å²) in [6.07, 6.45) is 78.4. The molecule has 0 spiro atoms. The summed E-state index contributed by atoms with van der Waals surface area (Å²) >= 11 is 0. The molecule has 454 valence electrons. The van der Waals surface area contributed by atoms with Gasteiger partial charge in [-0.2, -0.15) is 0 Å². The van der Waals surface area contributed by atoms with Gasteiger partial charge in [0.2, 0.25) is 0 Å². The first-order chi connectivity index (χ1) is 37.8. The van der Waals surface area contributed by atoms with E-state index in [2.05, 4.69) is 50.3 Å². The number of ether oxygens (including phenoxy) is 2. The van der Waals surface area contributed by atoms with Crippen LogP contribution in [-0.2, 0) is 32.7 Å². The highest BCUT2D eigenvalue weighted by molar-refractivity contribution is 7.47. The van der Waals surface area contributed by atoms with Crippen LogP contribution < -0.4 is 5.73 Å². The van der Waals surface area contributed by atoms with E-state index in [1.807, 2.05) is 0 Å². The lowest BCUT2D eigenvalue weighted by Crippen LogP contribution is -2.29. The zero-order valence-corrected chi connectivity index (χ0v) is 51.9. The molecule has 0 aliphatic heterocycles. The van der Waals surface area contributed by atoms with E-state index in [4.69, 9.17) is 24.3 Å². The van der Waals surface area contributed by atoms with E-state index in [1.165, 1.54) is 257 Å². The predicted octanol–water partition coefficient (Wildman–Crippen LogP) is 21.5. The van der Waals surface area contributed by atoms with Gasteiger partial charge in [0.05, 0.1) is 13.2 Å². The summed E-state index contributed by atoms with van der Waals surface area (Å²) in [5.41, 5.74) is 5.38. The molecule has 0 bridgehead atoms. The van der Waals surface area contributed by atoms with Gasteiger partial charge in [0, 0.05) is 19.4 Å². The van der Waals surface area contributed by atoms with E-state index in [-0.39, 0.29) is 38.6 Å². The minimum atomic E-state index is -4.39. The highest BCUT2D eigenvalue weighted by Crippen LogP contribution is 2.43. The van der Waals surface area contributed by atoms with Crippen molar-refractivity contribution >= 4 is 19.8 Å². The fraction of sp³-hybridized carbons (Fsp3) is 0.881. The van der Waals surface area contributed by atoms with Crippen molar-refractivity contribution in [3.05, 3.63) is 36.5 Å². The summed E-state index contributed by atoms with van der Waals surface area (Å²) in [5.74, 6) is -0.829. The Bertz CT molecular complexity index is 1350. The normalized spacial score (nSPS) is 13.1. The molecular formula is C67H128NO8P. The molecule has 0 heterocycles. The average Bonchev–Trinajstić information content (AvgIpc) is 3.42. The Morgan fingerprint density at radius 1 is 0.390 bits per heavy atom. The predicted molar refractivity (Wildman–Crippen MR) is 330 cm³/mol. The standard InChI is InChI=1S/C67H128NO8P/c1-3-5-7-9-11-13-15-17-19-20-21-22-23-24-25-26-27-28-29-30-31-32-33-34-35-36-37-38-39-40-41-42-43-44-46-47-49-51-53-55-57-59-66(69)73-63-65(64-75-77(71,72)74-62-61-68)76-67(70)60-58-56-54-52-50-48-45-18-16-14-12-10-8-6-4-2/h12,14,18,20-21,45,65H,3-11,13,15-17,19,22-44,46-64,68H2,1-2H3,(H,71,72)/b14-12-,21-20-,45-18-. The van der Waals surface area contributed by atoms with E-state index >= 15 is 0 Å². The Labute approximate surface area is 477 Å². The number of phosphoric ester groups is 1. The first-order valence-electron chi connectivity index (χ1n) is 33.5. The first-order valence-corrected chi connectivity index (χ1v) is 35.0. The molecule has 0 saturated carbocycles. The van der Waals surface area contributed by atoms with Crippen LogP contribution in [0.3, 0.4) is 0 Å². The lowest BCUT2D eigenvalue weighted by atomic mass is 10.0. The average molecular weight is 1110 g/mol. The third-order valence-electron chi connectivity index (χ3n) is 15.0. The van der Waals surface area contributed by atoms with E-state index in [1.54, 1.807) is 0 Å². The summed E-state index contributed by atoms with van der Waals surface area (Å²) in [4.78, 5) is 35.2. The number of esters is 2. The van der Waals surface area contributed by atoms with Crippen molar-refractivity contribution in [1.29, 1.82) is 0 Å². The van der Waals surface area contributed by atoms with Crippen LogP contribution in [0.2, 0.25) is 0 Å². The second-order valence-corrected chi connectivity index (χ2v) is 24.1. The molecule has 2 unspecified atom stereocenters. The van der Waals surface area contributed by atoms with Crippen LogP contribution in [0, 0.1) is 0 Å². The molecule has 0 aromatic heterocycles. The van der Waals surface area contributed by atoms with Crippen molar-refractivity contribution < 1.29 is 37.6 Å². The van der Waals surface area contributed by atoms with Gasteiger partial charge in [-0.25, -0.2) is 4.57 Å². The second-order valence-electron chi connectivity index (χ2n) is 22.7. The molecule has 3 N–H and O–H groups in total. The molecule has 10 heteroatoms. The molecule has 0 saturated heterocycles. The van der Waals surface area contributed by atoms with Gasteiger partial charge in [0.1, 0.15) is 6.61 Å². The number of allylic oxidation sites excluding steroid dienone is 6. The van der Waals surface area contributed by atoms with Gasteiger partial charge in [0.15, 0.2) is 6.10 Å². The number of rotatable bonds is 64. The largest absolute Gasteiger partial charge is 0.472 e. The maximum atomic E-state index is 12.7. The Balaban J connectivity index is 3.69. The maximum absolute atomic E-state index is 12.7. The van der Waals surface area contributed by atoms with Gasteiger partial charge in [-0.3, -0.25) is 18.6 Å². The van der Waals surface area contributed by atoms with Gasteiger partial charge in [-0.1, -0.05) is 301 Å².